The summed E-state index contributed by atoms with van der Waals surface area (Å²) in [5.41, 5.74) is -0.575. The molecular weight excluding hydrogens is 333 g/mol. The lowest BCUT2D eigenvalue weighted by Gasteiger charge is -2.23. The van der Waals surface area contributed by atoms with E-state index in [1.165, 1.54) is 23.9 Å². The smallest absolute Gasteiger partial charge is 0.330 e. The van der Waals surface area contributed by atoms with E-state index in [2.05, 4.69) is 5.32 Å². The van der Waals surface area contributed by atoms with E-state index in [-0.39, 0.29) is 0 Å². The van der Waals surface area contributed by atoms with E-state index >= 15 is 0 Å². The van der Waals surface area contributed by atoms with Crippen LogP contribution in [0.3, 0.4) is 0 Å². The molecule has 2 rings (SSSR count). The molecule has 0 aromatic heterocycles. The van der Waals surface area contributed by atoms with Crippen molar-refractivity contribution in [2.75, 3.05) is 11.5 Å². The molecule has 0 radical (unpaired) electrons. The van der Waals surface area contributed by atoms with Crippen molar-refractivity contribution in [3.05, 3.63) is 39.9 Å². The van der Waals surface area contributed by atoms with Gasteiger partial charge in [-0.2, -0.15) is 11.8 Å². The predicted octanol–water partition coefficient (Wildman–Crippen LogP) is 3.08. The monoisotopic (exact) mass is 345 g/mol. The summed E-state index contributed by atoms with van der Waals surface area (Å²) >= 11 is 13.4. The number of carboxylic acids is 1. The highest BCUT2D eigenvalue weighted by Gasteiger charge is 2.42. The lowest BCUT2D eigenvalue weighted by molar-refractivity contribution is -0.145. The maximum absolute atomic E-state index is 11.9. The molecule has 1 aliphatic rings. The van der Waals surface area contributed by atoms with Crippen molar-refractivity contribution >= 4 is 52.9 Å². The molecular formula is C14H13Cl2NO3S. The SMILES string of the molecule is O=C(C=Cc1cccc(Cl)c1Cl)NC1(C(=O)O)CCSC1. The molecule has 112 valence electrons. The number of hydrogen-bond donors (Lipinski definition) is 2. The summed E-state index contributed by atoms with van der Waals surface area (Å²) in [7, 11) is 0. The number of aliphatic carboxylic acids is 1. The fourth-order valence-electron chi connectivity index (χ4n) is 1.98. The number of nitrogens with one attached hydrogen (secondary N) is 1. The third-order valence-corrected chi connectivity index (χ3v) is 5.21. The second-order valence-corrected chi connectivity index (χ2v) is 6.55. The van der Waals surface area contributed by atoms with Crippen LogP contribution in [0.1, 0.15) is 12.0 Å². The van der Waals surface area contributed by atoms with Crippen molar-refractivity contribution in [1.82, 2.24) is 5.32 Å². The Morgan fingerprint density at radius 3 is 2.76 bits per heavy atom. The standard InChI is InChI=1S/C14H13Cl2NO3S/c15-10-3-1-2-9(12(10)16)4-5-11(18)17-14(13(19)20)6-7-21-8-14/h1-5H,6-8H2,(H,17,18)(H,19,20). The number of benzene rings is 1. The summed E-state index contributed by atoms with van der Waals surface area (Å²) < 4.78 is 0. The van der Waals surface area contributed by atoms with Gasteiger partial charge >= 0.3 is 5.97 Å². The molecule has 21 heavy (non-hydrogen) atoms. The van der Waals surface area contributed by atoms with Gasteiger partial charge in [-0.05, 0) is 29.9 Å². The lowest BCUT2D eigenvalue weighted by atomic mass is 9.99. The third kappa shape index (κ3) is 3.73. The van der Waals surface area contributed by atoms with Crippen LogP contribution in [-0.2, 0) is 9.59 Å². The maximum atomic E-state index is 11.9. The number of carbonyl (C=O) groups is 2. The van der Waals surface area contributed by atoms with Crippen molar-refractivity contribution in [2.24, 2.45) is 0 Å². The molecule has 1 saturated heterocycles. The van der Waals surface area contributed by atoms with Gasteiger partial charge in [-0.15, -0.1) is 0 Å². The van der Waals surface area contributed by atoms with Gasteiger partial charge in [-0.1, -0.05) is 35.3 Å². The van der Waals surface area contributed by atoms with Crippen LogP contribution in [0.25, 0.3) is 6.08 Å². The topological polar surface area (TPSA) is 66.4 Å². The van der Waals surface area contributed by atoms with Crippen LogP contribution in [0.5, 0.6) is 0 Å². The molecule has 1 unspecified atom stereocenters. The van der Waals surface area contributed by atoms with Crippen molar-refractivity contribution in [1.29, 1.82) is 0 Å². The van der Waals surface area contributed by atoms with E-state index < -0.39 is 17.4 Å². The second kappa shape index (κ2) is 6.73. The van der Waals surface area contributed by atoms with Gasteiger partial charge in [0.2, 0.25) is 5.91 Å². The Labute approximate surface area is 136 Å². The predicted molar refractivity (Wildman–Crippen MR) is 85.9 cm³/mol. The van der Waals surface area contributed by atoms with Crippen molar-refractivity contribution < 1.29 is 14.7 Å². The summed E-state index contributed by atoms with van der Waals surface area (Å²) in [5, 5.41) is 12.6. The number of thioether (sulfide) groups is 1. The quantitative estimate of drug-likeness (QED) is 0.823. The zero-order valence-corrected chi connectivity index (χ0v) is 13.3. The van der Waals surface area contributed by atoms with E-state index in [1.54, 1.807) is 18.2 Å². The summed E-state index contributed by atoms with van der Waals surface area (Å²) in [6, 6.07) is 5.09. The largest absolute Gasteiger partial charge is 0.479 e. The molecule has 7 heteroatoms. The van der Waals surface area contributed by atoms with Crippen molar-refractivity contribution in [2.45, 2.75) is 12.0 Å². The molecule has 1 amide bonds. The van der Waals surface area contributed by atoms with Crippen LogP contribution in [0.2, 0.25) is 10.0 Å². The molecule has 0 bridgehead atoms. The highest BCUT2D eigenvalue weighted by atomic mass is 35.5. The van der Waals surface area contributed by atoms with Crippen molar-refractivity contribution in [3.8, 4) is 0 Å². The Bertz CT molecular complexity index is 598. The van der Waals surface area contributed by atoms with Gasteiger partial charge in [-0.3, -0.25) is 4.79 Å². The minimum atomic E-state index is -1.18. The second-order valence-electron chi connectivity index (χ2n) is 4.66. The van der Waals surface area contributed by atoms with Crippen LogP contribution in [-0.4, -0.2) is 34.0 Å². The maximum Gasteiger partial charge on any atom is 0.330 e. The average molecular weight is 346 g/mol. The molecule has 1 aromatic rings. The molecule has 2 N–H and O–H groups in total. The molecule has 0 saturated carbocycles. The Hall–Kier alpha value is -1.17. The first-order valence-electron chi connectivity index (χ1n) is 6.20. The van der Waals surface area contributed by atoms with Crippen LogP contribution < -0.4 is 5.32 Å². The number of amides is 1. The van der Waals surface area contributed by atoms with Crippen LogP contribution in [0, 0.1) is 0 Å². The molecule has 1 heterocycles. The summed E-state index contributed by atoms with van der Waals surface area (Å²) in [5.74, 6) is -0.373. The van der Waals surface area contributed by atoms with Gasteiger partial charge in [0.15, 0.2) is 0 Å². The lowest BCUT2D eigenvalue weighted by Crippen LogP contribution is -2.54. The van der Waals surface area contributed by atoms with Gasteiger partial charge in [0, 0.05) is 11.8 Å². The normalized spacial score (nSPS) is 21.6. The molecule has 1 aromatic carbocycles. The van der Waals surface area contributed by atoms with Gasteiger partial charge < -0.3 is 10.4 Å². The van der Waals surface area contributed by atoms with Gasteiger partial charge in [0.25, 0.3) is 0 Å². The molecule has 0 aliphatic carbocycles. The summed E-state index contributed by atoms with van der Waals surface area (Å²) in [4.78, 5) is 23.3. The highest BCUT2D eigenvalue weighted by molar-refractivity contribution is 7.99. The fourth-order valence-corrected chi connectivity index (χ4v) is 3.67. The van der Waals surface area contributed by atoms with Gasteiger partial charge in [0.1, 0.15) is 5.54 Å². The first kappa shape index (κ1) is 16.2. The van der Waals surface area contributed by atoms with E-state index in [1.807, 2.05) is 0 Å². The van der Waals surface area contributed by atoms with E-state index in [0.29, 0.717) is 27.8 Å². The van der Waals surface area contributed by atoms with E-state index in [0.717, 1.165) is 5.75 Å². The molecule has 0 spiro atoms. The third-order valence-electron chi connectivity index (χ3n) is 3.19. The van der Waals surface area contributed by atoms with Crippen LogP contribution in [0.4, 0.5) is 0 Å². The number of carboxylic acid groups (broad SMARTS) is 1. The van der Waals surface area contributed by atoms with Crippen LogP contribution in [0.15, 0.2) is 24.3 Å². The highest BCUT2D eigenvalue weighted by Crippen LogP contribution is 2.29. The number of hydrogen-bond acceptors (Lipinski definition) is 3. The van der Waals surface area contributed by atoms with E-state index in [4.69, 9.17) is 23.2 Å². The minimum absolute atomic E-state index is 0.354. The van der Waals surface area contributed by atoms with Crippen molar-refractivity contribution in [3.63, 3.8) is 0 Å². The summed E-state index contributed by atoms with van der Waals surface area (Å²) in [6.45, 7) is 0. The Balaban J connectivity index is 2.09. The average Bonchev–Trinajstić information content (AvgIpc) is 2.90. The van der Waals surface area contributed by atoms with E-state index in [9.17, 15) is 14.7 Å². The Morgan fingerprint density at radius 2 is 2.14 bits per heavy atom. The number of rotatable bonds is 4. The molecule has 4 nitrogen and oxygen atoms in total. The Morgan fingerprint density at radius 1 is 1.38 bits per heavy atom. The number of carbonyl (C=O) groups excluding carboxylic acids is 1. The van der Waals surface area contributed by atoms with Gasteiger partial charge in [-0.25, -0.2) is 4.79 Å². The molecule has 1 fully saturated rings. The minimum Gasteiger partial charge on any atom is -0.479 e. The van der Waals surface area contributed by atoms with Gasteiger partial charge in [0.05, 0.1) is 10.0 Å². The molecule has 1 atom stereocenters. The summed E-state index contributed by atoms with van der Waals surface area (Å²) in [6.07, 6.45) is 3.21. The molecule has 1 aliphatic heterocycles. The number of halogens is 2. The fraction of sp³-hybridized carbons (Fsp3) is 0.286. The zero-order valence-electron chi connectivity index (χ0n) is 10.9. The first-order chi connectivity index (χ1) is 9.94. The first-order valence-corrected chi connectivity index (χ1v) is 8.11. The Kier molecular flexibility index (Phi) is 5.19. The zero-order chi connectivity index (χ0) is 15.5. The van der Waals surface area contributed by atoms with Crippen LogP contribution >= 0.6 is 35.0 Å².